The van der Waals surface area contributed by atoms with Gasteiger partial charge in [0.15, 0.2) is 0 Å². The van der Waals surface area contributed by atoms with Gasteiger partial charge in [0.25, 0.3) is 0 Å². The summed E-state index contributed by atoms with van der Waals surface area (Å²) in [5.41, 5.74) is 1.13. The summed E-state index contributed by atoms with van der Waals surface area (Å²) in [6.07, 6.45) is -1.07. The van der Waals surface area contributed by atoms with Crippen molar-refractivity contribution in [3.8, 4) is 5.75 Å². The summed E-state index contributed by atoms with van der Waals surface area (Å²) in [5, 5.41) is 13.7. The van der Waals surface area contributed by atoms with Gasteiger partial charge in [0, 0.05) is 43.5 Å². The van der Waals surface area contributed by atoms with Crippen LogP contribution in [0, 0.1) is 23.4 Å². The van der Waals surface area contributed by atoms with Crippen LogP contribution in [0.1, 0.15) is 36.1 Å². The summed E-state index contributed by atoms with van der Waals surface area (Å²) in [7, 11) is 0. The van der Waals surface area contributed by atoms with Crippen molar-refractivity contribution in [3.05, 3.63) is 95.3 Å². The van der Waals surface area contributed by atoms with Crippen LogP contribution >= 0.6 is 0 Å². The Morgan fingerprint density at radius 1 is 0.974 bits per heavy atom. The largest absolute Gasteiger partial charge is 0.415 e. The first-order chi connectivity index (χ1) is 18.8. The van der Waals surface area contributed by atoms with E-state index in [1.807, 2.05) is 0 Å². The summed E-state index contributed by atoms with van der Waals surface area (Å²) in [6, 6.07) is 14.2. The SMILES string of the molecule is O=C(Oc1ccc([C@@H]2[C@@H](CC[C@H](O)c3ccc(F)cc3)C(=O)N2c2ccc(F)cc2)c(F)c1)N1CCNCC1. The molecule has 2 fully saturated rings. The molecule has 10 heteroatoms. The minimum Gasteiger partial charge on any atom is -0.410 e. The van der Waals surface area contributed by atoms with Crippen molar-refractivity contribution in [2.45, 2.75) is 25.0 Å². The van der Waals surface area contributed by atoms with Gasteiger partial charge in [0.2, 0.25) is 5.91 Å². The summed E-state index contributed by atoms with van der Waals surface area (Å²) < 4.78 is 47.6. The Morgan fingerprint density at radius 2 is 1.62 bits per heavy atom. The average molecular weight is 540 g/mol. The number of hydrogen-bond donors (Lipinski definition) is 2. The minimum atomic E-state index is -0.935. The van der Waals surface area contributed by atoms with E-state index < -0.39 is 41.6 Å². The summed E-state index contributed by atoms with van der Waals surface area (Å²) in [6.45, 7) is 2.27. The molecule has 3 aromatic carbocycles. The number of carbonyl (C=O) groups is 2. The van der Waals surface area contributed by atoms with Crippen molar-refractivity contribution >= 4 is 17.7 Å². The molecule has 0 spiro atoms. The van der Waals surface area contributed by atoms with E-state index in [4.69, 9.17) is 4.74 Å². The fourth-order valence-electron chi connectivity index (χ4n) is 5.09. The number of β-lactam (4-membered cyclic amide) rings is 1. The maximum Gasteiger partial charge on any atom is 0.415 e. The van der Waals surface area contributed by atoms with Crippen LogP contribution in [0.5, 0.6) is 5.75 Å². The monoisotopic (exact) mass is 539 g/mol. The normalized spacial score (nSPS) is 19.9. The molecule has 7 nitrogen and oxygen atoms in total. The molecule has 2 saturated heterocycles. The lowest BCUT2D eigenvalue weighted by molar-refractivity contribution is -0.131. The van der Waals surface area contributed by atoms with Crippen molar-refractivity contribution in [1.82, 2.24) is 10.2 Å². The molecule has 2 N–H and O–H groups in total. The Labute approximate surface area is 223 Å². The number of nitrogens with one attached hydrogen (secondary N) is 1. The molecule has 2 aliphatic heterocycles. The molecule has 204 valence electrons. The Hall–Kier alpha value is -3.89. The highest BCUT2D eigenvalue weighted by atomic mass is 19.1. The standard InChI is InChI=1S/C29H28F3N3O4/c30-19-3-1-18(2-4-19)26(36)12-11-24-27(35(28(24)37)21-7-5-20(31)6-8-21)23-10-9-22(17-25(23)32)39-29(38)34-15-13-33-14-16-34/h1-10,17,24,26-27,33,36H,11-16H2/t24-,26+,27-/m1/s1. The number of ether oxygens (including phenoxy) is 1. The molecule has 39 heavy (non-hydrogen) atoms. The molecular formula is C29H28F3N3O4. The molecule has 0 aromatic heterocycles. The van der Waals surface area contributed by atoms with Gasteiger partial charge in [-0.1, -0.05) is 18.2 Å². The number of carbonyl (C=O) groups excluding carboxylic acids is 2. The third-order valence-corrected chi connectivity index (χ3v) is 7.20. The Morgan fingerprint density at radius 3 is 2.26 bits per heavy atom. The first kappa shape index (κ1) is 26.7. The number of piperazine rings is 1. The second-order valence-electron chi connectivity index (χ2n) is 9.67. The van der Waals surface area contributed by atoms with E-state index in [0.717, 1.165) is 6.07 Å². The van der Waals surface area contributed by atoms with Crippen LogP contribution < -0.4 is 15.0 Å². The quantitative estimate of drug-likeness (QED) is 0.425. The Kier molecular flexibility index (Phi) is 7.85. The lowest BCUT2D eigenvalue weighted by atomic mass is 9.78. The molecule has 0 bridgehead atoms. The van der Waals surface area contributed by atoms with Gasteiger partial charge in [0.1, 0.15) is 23.2 Å². The number of rotatable bonds is 7. The third-order valence-electron chi connectivity index (χ3n) is 7.20. The molecule has 0 unspecified atom stereocenters. The lowest BCUT2D eigenvalue weighted by Crippen LogP contribution is -2.55. The number of anilines is 1. The van der Waals surface area contributed by atoms with E-state index in [9.17, 15) is 23.5 Å². The fraction of sp³-hybridized carbons (Fsp3) is 0.310. The van der Waals surface area contributed by atoms with Crippen LogP contribution in [-0.2, 0) is 4.79 Å². The molecule has 3 atom stereocenters. The molecule has 2 heterocycles. The maximum absolute atomic E-state index is 15.5. The summed E-state index contributed by atoms with van der Waals surface area (Å²) >= 11 is 0. The summed E-state index contributed by atoms with van der Waals surface area (Å²) in [5.74, 6) is -2.45. The van der Waals surface area contributed by atoms with Gasteiger partial charge < -0.3 is 25.0 Å². The van der Waals surface area contributed by atoms with E-state index in [2.05, 4.69) is 5.32 Å². The Bertz CT molecular complexity index is 1330. The number of hydrogen-bond acceptors (Lipinski definition) is 5. The van der Waals surface area contributed by atoms with Crippen molar-refractivity contribution in [2.75, 3.05) is 31.1 Å². The highest BCUT2D eigenvalue weighted by Gasteiger charge is 2.49. The average Bonchev–Trinajstić information content (AvgIpc) is 2.94. The van der Waals surface area contributed by atoms with Gasteiger partial charge in [-0.25, -0.2) is 18.0 Å². The van der Waals surface area contributed by atoms with Gasteiger partial charge in [-0.15, -0.1) is 0 Å². The number of benzene rings is 3. The second-order valence-corrected chi connectivity index (χ2v) is 9.67. The van der Waals surface area contributed by atoms with Crippen LogP contribution in [-0.4, -0.2) is 48.2 Å². The minimum absolute atomic E-state index is 0.0436. The van der Waals surface area contributed by atoms with E-state index in [1.165, 1.54) is 70.5 Å². The molecule has 0 radical (unpaired) electrons. The first-order valence-corrected chi connectivity index (χ1v) is 12.8. The zero-order chi connectivity index (χ0) is 27.5. The molecule has 5 rings (SSSR count). The van der Waals surface area contributed by atoms with Crippen molar-refractivity contribution in [3.63, 3.8) is 0 Å². The number of amides is 2. The molecule has 2 amide bonds. The van der Waals surface area contributed by atoms with Crippen LogP contribution in [0.4, 0.5) is 23.7 Å². The van der Waals surface area contributed by atoms with Crippen LogP contribution in [0.3, 0.4) is 0 Å². The number of halogens is 3. The first-order valence-electron chi connectivity index (χ1n) is 12.8. The molecular weight excluding hydrogens is 511 g/mol. The zero-order valence-corrected chi connectivity index (χ0v) is 21.0. The van der Waals surface area contributed by atoms with E-state index >= 15 is 4.39 Å². The second kappa shape index (κ2) is 11.5. The predicted octanol–water partition coefficient (Wildman–Crippen LogP) is 4.73. The molecule has 3 aromatic rings. The predicted molar refractivity (Wildman–Crippen MR) is 138 cm³/mol. The van der Waals surface area contributed by atoms with Crippen molar-refractivity contribution in [2.24, 2.45) is 5.92 Å². The fourth-order valence-corrected chi connectivity index (χ4v) is 5.09. The maximum atomic E-state index is 15.5. The van der Waals surface area contributed by atoms with Gasteiger partial charge >= 0.3 is 6.09 Å². The van der Waals surface area contributed by atoms with E-state index in [-0.39, 0.29) is 30.1 Å². The topological polar surface area (TPSA) is 82.1 Å². The van der Waals surface area contributed by atoms with E-state index in [1.54, 1.807) is 0 Å². The van der Waals surface area contributed by atoms with Gasteiger partial charge in [0.05, 0.1) is 18.1 Å². The van der Waals surface area contributed by atoms with Gasteiger partial charge in [-0.3, -0.25) is 4.79 Å². The van der Waals surface area contributed by atoms with E-state index in [0.29, 0.717) is 37.4 Å². The van der Waals surface area contributed by atoms with Crippen LogP contribution in [0.2, 0.25) is 0 Å². The number of aliphatic hydroxyl groups is 1. The van der Waals surface area contributed by atoms with Crippen molar-refractivity contribution < 1.29 is 32.6 Å². The van der Waals surface area contributed by atoms with Crippen molar-refractivity contribution in [1.29, 1.82) is 0 Å². The Balaban J connectivity index is 1.36. The van der Waals surface area contributed by atoms with Crippen LogP contribution in [0.15, 0.2) is 66.7 Å². The number of nitrogens with zero attached hydrogens (tertiary/aromatic N) is 2. The highest BCUT2D eigenvalue weighted by Crippen LogP contribution is 2.47. The van der Waals surface area contributed by atoms with Gasteiger partial charge in [-0.2, -0.15) is 0 Å². The van der Waals surface area contributed by atoms with Crippen LogP contribution in [0.25, 0.3) is 0 Å². The summed E-state index contributed by atoms with van der Waals surface area (Å²) in [4.78, 5) is 28.6. The lowest BCUT2D eigenvalue weighted by Gasteiger charge is -2.48. The molecule has 2 aliphatic rings. The highest BCUT2D eigenvalue weighted by molar-refractivity contribution is 6.03. The molecule has 0 aliphatic carbocycles. The third kappa shape index (κ3) is 5.76. The zero-order valence-electron chi connectivity index (χ0n) is 21.0. The number of aliphatic hydroxyl groups excluding tert-OH is 1. The van der Waals surface area contributed by atoms with Gasteiger partial charge in [-0.05, 0) is 60.9 Å². The smallest absolute Gasteiger partial charge is 0.410 e. The molecule has 0 saturated carbocycles.